The summed E-state index contributed by atoms with van der Waals surface area (Å²) in [6.45, 7) is 2.14. The molecular weight excluding hydrogens is 210 g/mol. The predicted octanol–water partition coefficient (Wildman–Crippen LogP) is 2.06. The number of nitrogens with zero attached hydrogens (tertiary/aromatic N) is 1. The van der Waals surface area contributed by atoms with Gasteiger partial charge in [-0.05, 0) is 31.5 Å². The van der Waals surface area contributed by atoms with Gasteiger partial charge in [-0.25, -0.2) is 4.98 Å². The van der Waals surface area contributed by atoms with Crippen molar-refractivity contribution >= 4 is 18.2 Å². The van der Waals surface area contributed by atoms with Gasteiger partial charge in [-0.2, -0.15) is 0 Å². The van der Waals surface area contributed by atoms with Crippen molar-refractivity contribution in [3.63, 3.8) is 0 Å². The fourth-order valence-electron chi connectivity index (χ4n) is 1.79. The van der Waals surface area contributed by atoms with E-state index in [1.807, 2.05) is 24.4 Å². The first-order chi connectivity index (χ1) is 6.95. The number of anilines is 1. The standard InChI is InChI=1S/C11H17N3.ClH/c1-3-7-12-10(5-1)9-14-11-6-2-4-8-13-11;/h2,4,6,8,10,12H,1,3,5,7,9H2,(H,13,14);1H. The van der Waals surface area contributed by atoms with Crippen LogP contribution in [0.5, 0.6) is 0 Å². The van der Waals surface area contributed by atoms with E-state index in [0.717, 1.165) is 18.9 Å². The summed E-state index contributed by atoms with van der Waals surface area (Å²) in [6.07, 6.45) is 5.76. The number of piperidine rings is 1. The maximum atomic E-state index is 4.22. The average Bonchev–Trinajstić information content (AvgIpc) is 2.29. The third kappa shape index (κ3) is 4.06. The molecule has 1 aromatic heterocycles. The Labute approximate surface area is 97.1 Å². The normalized spacial score (nSPS) is 20.4. The maximum absolute atomic E-state index is 4.22. The van der Waals surface area contributed by atoms with Gasteiger partial charge in [0.15, 0.2) is 0 Å². The highest BCUT2D eigenvalue weighted by molar-refractivity contribution is 5.85. The van der Waals surface area contributed by atoms with E-state index in [4.69, 9.17) is 0 Å². The largest absolute Gasteiger partial charge is 0.369 e. The zero-order valence-corrected chi connectivity index (χ0v) is 9.59. The van der Waals surface area contributed by atoms with Gasteiger partial charge in [-0.15, -0.1) is 12.4 Å². The highest BCUT2D eigenvalue weighted by Crippen LogP contribution is 2.08. The van der Waals surface area contributed by atoms with Crippen LogP contribution in [0.1, 0.15) is 19.3 Å². The van der Waals surface area contributed by atoms with Crippen molar-refractivity contribution in [2.45, 2.75) is 25.3 Å². The van der Waals surface area contributed by atoms with Gasteiger partial charge in [0.2, 0.25) is 0 Å². The molecule has 1 fully saturated rings. The molecule has 1 saturated heterocycles. The molecule has 1 aliphatic rings. The lowest BCUT2D eigenvalue weighted by Gasteiger charge is -2.23. The average molecular weight is 228 g/mol. The third-order valence-corrected chi connectivity index (χ3v) is 2.61. The first kappa shape index (κ1) is 12.3. The Bertz CT molecular complexity index is 260. The van der Waals surface area contributed by atoms with Crippen LogP contribution in [0.3, 0.4) is 0 Å². The minimum absolute atomic E-state index is 0. The molecule has 0 aromatic carbocycles. The summed E-state index contributed by atoms with van der Waals surface area (Å²) < 4.78 is 0. The van der Waals surface area contributed by atoms with Crippen LogP contribution in [-0.2, 0) is 0 Å². The first-order valence-electron chi connectivity index (χ1n) is 5.33. The molecule has 0 saturated carbocycles. The number of rotatable bonds is 3. The molecule has 4 heteroatoms. The van der Waals surface area contributed by atoms with Crippen molar-refractivity contribution in [3.8, 4) is 0 Å². The topological polar surface area (TPSA) is 37.0 Å². The van der Waals surface area contributed by atoms with Gasteiger partial charge in [0.1, 0.15) is 5.82 Å². The fraction of sp³-hybridized carbons (Fsp3) is 0.545. The first-order valence-corrected chi connectivity index (χ1v) is 5.33. The molecule has 1 unspecified atom stereocenters. The second kappa shape index (κ2) is 6.64. The monoisotopic (exact) mass is 227 g/mol. The Morgan fingerprint density at radius 1 is 1.40 bits per heavy atom. The quantitative estimate of drug-likeness (QED) is 0.830. The van der Waals surface area contributed by atoms with Gasteiger partial charge in [-0.3, -0.25) is 0 Å². The lowest BCUT2D eigenvalue weighted by atomic mass is 10.1. The smallest absolute Gasteiger partial charge is 0.125 e. The molecule has 84 valence electrons. The molecule has 2 rings (SSSR count). The molecule has 0 radical (unpaired) electrons. The van der Waals surface area contributed by atoms with Crippen molar-refractivity contribution < 1.29 is 0 Å². The molecule has 1 aromatic rings. The third-order valence-electron chi connectivity index (χ3n) is 2.61. The van der Waals surface area contributed by atoms with Gasteiger partial charge in [0.05, 0.1) is 0 Å². The van der Waals surface area contributed by atoms with Crippen molar-refractivity contribution in [3.05, 3.63) is 24.4 Å². The van der Waals surface area contributed by atoms with Gasteiger partial charge in [-0.1, -0.05) is 12.5 Å². The summed E-state index contributed by atoms with van der Waals surface area (Å²) in [5.74, 6) is 0.972. The fourth-order valence-corrected chi connectivity index (χ4v) is 1.79. The molecule has 15 heavy (non-hydrogen) atoms. The van der Waals surface area contributed by atoms with E-state index < -0.39 is 0 Å². The van der Waals surface area contributed by atoms with Gasteiger partial charge in [0, 0.05) is 18.8 Å². The summed E-state index contributed by atoms with van der Waals surface area (Å²) in [6, 6.07) is 6.56. The Morgan fingerprint density at radius 2 is 2.33 bits per heavy atom. The van der Waals surface area contributed by atoms with Crippen LogP contribution >= 0.6 is 12.4 Å². The SMILES string of the molecule is Cl.c1ccc(NCC2CCCCN2)nc1. The molecule has 0 bridgehead atoms. The van der Waals surface area contributed by atoms with Crippen LogP contribution in [0.25, 0.3) is 0 Å². The van der Waals surface area contributed by atoms with E-state index in [1.54, 1.807) is 0 Å². The zero-order valence-electron chi connectivity index (χ0n) is 8.78. The van der Waals surface area contributed by atoms with Crippen LogP contribution < -0.4 is 10.6 Å². The Kier molecular flexibility index (Phi) is 5.43. The van der Waals surface area contributed by atoms with E-state index in [0.29, 0.717) is 6.04 Å². The molecule has 1 aliphatic heterocycles. The van der Waals surface area contributed by atoms with Crippen LogP contribution in [-0.4, -0.2) is 24.1 Å². The highest BCUT2D eigenvalue weighted by Gasteiger charge is 2.11. The summed E-state index contributed by atoms with van der Waals surface area (Å²) in [5, 5.41) is 6.84. The highest BCUT2D eigenvalue weighted by atomic mass is 35.5. The van der Waals surface area contributed by atoms with Crippen LogP contribution in [0.15, 0.2) is 24.4 Å². The van der Waals surface area contributed by atoms with E-state index >= 15 is 0 Å². The molecule has 1 atom stereocenters. The molecule has 0 aliphatic carbocycles. The summed E-state index contributed by atoms with van der Waals surface area (Å²) in [7, 11) is 0. The van der Waals surface area contributed by atoms with E-state index in [-0.39, 0.29) is 12.4 Å². The van der Waals surface area contributed by atoms with Crippen molar-refractivity contribution in [1.82, 2.24) is 10.3 Å². The second-order valence-electron chi connectivity index (χ2n) is 3.74. The van der Waals surface area contributed by atoms with Crippen molar-refractivity contribution in [2.24, 2.45) is 0 Å². The molecule has 2 N–H and O–H groups in total. The number of hydrogen-bond donors (Lipinski definition) is 2. The van der Waals surface area contributed by atoms with Crippen LogP contribution in [0.4, 0.5) is 5.82 Å². The minimum Gasteiger partial charge on any atom is -0.369 e. The number of aromatic nitrogens is 1. The van der Waals surface area contributed by atoms with Crippen molar-refractivity contribution in [2.75, 3.05) is 18.4 Å². The van der Waals surface area contributed by atoms with Crippen LogP contribution in [0.2, 0.25) is 0 Å². The van der Waals surface area contributed by atoms with Crippen molar-refractivity contribution in [1.29, 1.82) is 0 Å². The Balaban J connectivity index is 0.00000112. The molecule has 2 heterocycles. The van der Waals surface area contributed by atoms with Gasteiger partial charge < -0.3 is 10.6 Å². The molecule has 0 amide bonds. The summed E-state index contributed by atoms with van der Waals surface area (Å²) >= 11 is 0. The predicted molar refractivity (Wildman–Crippen MR) is 65.6 cm³/mol. The number of pyridine rings is 1. The second-order valence-corrected chi connectivity index (χ2v) is 3.74. The van der Waals surface area contributed by atoms with E-state index in [1.165, 1.54) is 19.3 Å². The Morgan fingerprint density at radius 3 is 3.00 bits per heavy atom. The van der Waals surface area contributed by atoms with Gasteiger partial charge in [0.25, 0.3) is 0 Å². The van der Waals surface area contributed by atoms with Gasteiger partial charge >= 0.3 is 0 Å². The van der Waals surface area contributed by atoms with Crippen LogP contribution in [0, 0.1) is 0 Å². The zero-order chi connectivity index (χ0) is 9.64. The molecule has 3 nitrogen and oxygen atoms in total. The molecule has 0 spiro atoms. The lowest BCUT2D eigenvalue weighted by Crippen LogP contribution is -2.39. The van der Waals surface area contributed by atoms with E-state index in [2.05, 4.69) is 15.6 Å². The van der Waals surface area contributed by atoms with E-state index in [9.17, 15) is 0 Å². The summed E-state index contributed by atoms with van der Waals surface area (Å²) in [4.78, 5) is 4.22. The minimum atomic E-state index is 0. The molecular formula is C11H18ClN3. The number of nitrogens with one attached hydrogen (secondary N) is 2. The lowest BCUT2D eigenvalue weighted by molar-refractivity contribution is 0.414. The number of halogens is 1. The number of hydrogen-bond acceptors (Lipinski definition) is 3. The maximum Gasteiger partial charge on any atom is 0.125 e. The Hall–Kier alpha value is -0.800. The summed E-state index contributed by atoms with van der Waals surface area (Å²) in [5.41, 5.74) is 0.